The van der Waals surface area contributed by atoms with Gasteiger partial charge in [-0.2, -0.15) is 5.09 Å². The normalized spacial score (nSPS) is 23.3. The Morgan fingerprint density at radius 2 is 1.87 bits per heavy atom. The zero-order valence-electron chi connectivity index (χ0n) is 24.6. The molecule has 0 spiro atoms. The molecule has 0 aliphatic carbocycles. The van der Waals surface area contributed by atoms with Gasteiger partial charge in [-0.25, -0.2) is 14.5 Å². The highest BCUT2D eigenvalue weighted by Crippen LogP contribution is 2.47. The minimum absolute atomic E-state index is 0.102. The van der Waals surface area contributed by atoms with Gasteiger partial charge >= 0.3 is 13.7 Å². The predicted molar refractivity (Wildman–Crippen MR) is 165 cm³/mol. The van der Waals surface area contributed by atoms with E-state index in [9.17, 15) is 19.6 Å². The molecule has 0 radical (unpaired) electrons. The molecule has 5 rings (SSSR count). The lowest BCUT2D eigenvalue weighted by Gasteiger charge is -2.27. The Morgan fingerprint density at radius 3 is 2.53 bits per heavy atom. The second-order valence-electron chi connectivity index (χ2n) is 10.7. The number of benzene rings is 2. The Balaban J connectivity index is 1.42. The first-order chi connectivity index (χ1) is 21.5. The van der Waals surface area contributed by atoms with Gasteiger partial charge in [0.2, 0.25) is 0 Å². The van der Waals surface area contributed by atoms with Crippen molar-refractivity contribution in [1.29, 1.82) is 0 Å². The molecule has 3 heterocycles. The lowest BCUT2D eigenvalue weighted by molar-refractivity contribution is -0.149. The van der Waals surface area contributed by atoms with Gasteiger partial charge in [0.25, 0.3) is 0 Å². The summed E-state index contributed by atoms with van der Waals surface area (Å²) in [4.78, 5) is 21.3. The smallest absolute Gasteiger partial charge is 0.459 e. The van der Waals surface area contributed by atoms with Crippen molar-refractivity contribution in [3.05, 3.63) is 84.8 Å². The highest BCUT2D eigenvalue weighted by atomic mass is 31.2. The lowest BCUT2D eigenvalue weighted by Crippen LogP contribution is -2.46. The molecule has 1 aliphatic heterocycles. The number of aromatic nitrogens is 3. The van der Waals surface area contributed by atoms with E-state index in [-0.39, 0.29) is 18.0 Å². The molecule has 4 aromatic rings. The summed E-state index contributed by atoms with van der Waals surface area (Å²) in [6.07, 6.45) is 3.82. The zero-order valence-corrected chi connectivity index (χ0v) is 25.5. The first kappa shape index (κ1) is 32.1. The van der Waals surface area contributed by atoms with Crippen molar-refractivity contribution in [3.8, 4) is 18.1 Å². The molecule has 6 atom stereocenters. The third-order valence-corrected chi connectivity index (χ3v) is 8.69. The van der Waals surface area contributed by atoms with Crippen LogP contribution in [0.2, 0.25) is 0 Å². The average Bonchev–Trinajstić information content (AvgIpc) is 3.56. The number of aliphatic hydroxyl groups is 2. The zero-order chi connectivity index (χ0) is 32.2. The summed E-state index contributed by atoms with van der Waals surface area (Å²) in [6.45, 7) is 2.83. The van der Waals surface area contributed by atoms with Crippen molar-refractivity contribution in [2.75, 3.05) is 12.3 Å². The minimum atomic E-state index is -4.41. The van der Waals surface area contributed by atoms with E-state index < -0.39 is 56.5 Å². The summed E-state index contributed by atoms with van der Waals surface area (Å²) < 4.78 is 38.9. The Morgan fingerprint density at radius 1 is 1.18 bits per heavy atom. The van der Waals surface area contributed by atoms with E-state index in [4.69, 9.17) is 30.7 Å². The number of esters is 1. The van der Waals surface area contributed by atoms with Crippen molar-refractivity contribution < 1.29 is 38.1 Å². The Hall–Kier alpha value is -4.28. The Kier molecular flexibility index (Phi) is 9.55. The summed E-state index contributed by atoms with van der Waals surface area (Å²) in [6, 6.07) is 17.8. The first-order valence-corrected chi connectivity index (χ1v) is 15.7. The average molecular weight is 636 g/mol. The monoisotopic (exact) mass is 635 g/mol. The number of nitrogens with two attached hydrogens (primary N) is 1. The molecule has 0 amide bonds. The molecule has 2 aromatic heterocycles. The molecular formula is C31H34N5O8P. The molecule has 14 heteroatoms. The number of carbonyl (C=O) groups excluding carboxylic acids is 1. The summed E-state index contributed by atoms with van der Waals surface area (Å²) in [5.74, 6) is 1.94. The quantitative estimate of drug-likeness (QED) is 0.102. The van der Waals surface area contributed by atoms with Crippen LogP contribution in [0.25, 0.3) is 11.0 Å². The van der Waals surface area contributed by atoms with Gasteiger partial charge in [0.05, 0.1) is 18.1 Å². The van der Waals surface area contributed by atoms with Crippen molar-refractivity contribution in [2.24, 2.45) is 0 Å². The topological polar surface area (TPSA) is 180 Å². The maximum absolute atomic E-state index is 14.4. The lowest BCUT2D eigenvalue weighted by atomic mass is 9.95. The number of nitrogen functional groups attached to an aromatic ring is 1. The fourth-order valence-corrected chi connectivity index (χ4v) is 6.44. The SMILES string of the molecule is C#C[C@@]1(O)[C@H](O)[C@@H](COP(=O)(N[C@H](Cc2ccccc2)C(=O)OC(C)C)Oc2ccccc2)O[C@H]1n1ccc2c(N)ncnc21. The highest BCUT2D eigenvalue weighted by molar-refractivity contribution is 7.52. The Labute approximate surface area is 259 Å². The first-order valence-electron chi connectivity index (χ1n) is 14.1. The van der Waals surface area contributed by atoms with E-state index in [0.29, 0.717) is 11.0 Å². The summed E-state index contributed by atoms with van der Waals surface area (Å²) in [5.41, 5.74) is 4.79. The third-order valence-electron chi connectivity index (χ3n) is 7.12. The van der Waals surface area contributed by atoms with E-state index in [2.05, 4.69) is 21.0 Å². The predicted octanol–water partition coefficient (Wildman–Crippen LogP) is 2.99. The number of nitrogens with one attached hydrogen (secondary N) is 1. The minimum Gasteiger partial charge on any atom is -0.462 e. The number of fused-ring (bicyclic) bond motifs is 1. The number of terminal acetylenes is 1. The van der Waals surface area contributed by atoms with Crippen LogP contribution in [0.3, 0.4) is 0 Å². The number of nitrogens with zero attached hydrogens (tertiary/aromatic N) is 3. The van der Waals surface area contributed by atoms with Crippen molar-refractivity contribution >= 4 is 30.6 Å². The van der Waals surface area contributed by atoms with E-state index >= 15 is 0 Å². The van der Waals surface area contributed by atoms with Gasteiger partial charge in [-0.15, -0.1) is 6.42 Å². The van der Waals surface area contributed by atoms with Crippen LogP contribution in [-0.4, -0.2) is 67.3 Å². The maximum atomic E-state index is 14.4. The molecule has 2 aromatic carbocycles. The van der Waals surface area contributed by atoms with Crippen LogP contribution >= 0.6 is 7.75 Å². The summed E-state index contributed by atoms with van der Waals surface area (Å²) in [7, 11) is -4.41. The molecular weight excluding hydrogens is 601 g/mol. The number of carbonyl (C=O) groups is 1. The molecule has 13 nitrogen and oxygen atoms in total. The van der Waals surface area contributed by atoms with Gasteiger partial charge in [0, 0.05) is 6.20 Å². The molecule has 236 valence electrons. The van der Waals surface area contributed by atoms with E-state index in [1.165, 1.54) is 17.1 Å². The molecule has 0 bridgehead atoms. The van der Waals surface area contributed by atoms with Crippen molar-refractivity contribution in [2.45, 2.75) is 56.5 Å². The summed E-state index contributed by atoms with van der Waals surface area (Å²) >= 11 is 0. The van der Waals surface area contributed by atoms with Gasteiger partial charge in [-0.1, -0.05) is 54.5 Å². The van der Waals surface area contributed by atoms with Crippen LogP contribution in [-0.2, 0) is 29.8 Å². The maximum Gasteiger partial charge on any atom is 0.459 e. The van der Waals surface area contributed by atoms with Crippen molar-refractivity contribution in [3.63, 3.8) is 0 Å². The number of ether oxygens (including phenoxy) is 2. The van der Waals surface area contributed by atoms with Gasteiger partial charge in [0.1, 0.15) is 41.8 Å². The van der Waals surface area contributed by atoms with Gasteiger partial charge in [-0.3, -0.25) is 9.32 Å². The largest absolute Gasteiger partial charge is 0.462 e. The molecule has 5 N–H and O–H groups in total. The second-order valence-corrected chi connectivity index (χ2v) is 12.4. The van der Waals surface area contributed by atoms with Crippen molar-refractivity contribution in [1.82, 2.24) is 19.6 Å². The molecule has 1 saturated heterocycles. The number of para-hydroxylation sites is 1. The van der Waals surface area contributed by atoms with Crippen LogP contribution in [0.4, 0.5) is 5.82 Å². The molecule has 45 heavy (non-hydrogen) atoms. The van der Waals surface area contributed by atoms with Gasteiger partial charge < -0.3 is 34.5 Å². The number of hydrogen-bond donors (Lipinski definition) is 4. The molecule has 0 saturated carbocycles. The number of anilines is 1. The standard InChI is InChI=1S/C31H34N5O8P/c1-4-31(39)26(37)25(43-30(31)36-16-15-23-27(32)33-19-34-28(23)36)18-41-45(40,44-22-13-9-6-10-14-22)35-24(29(38)42-20(2)3)17-21-11-7-5-8-12-21/h1,5-16,19-20,24-26,30,37,39H,17-18H2,2-3H3,(H,35,40)(H2,32,33,34)/t24-,25-,26-,30-,31-,45?/m1/s1. The summed E-state index contributed by atoms with van der Waals surface area (Å²) in [5, 5.41) is 25.8. The highest BCUT2D eigenvalue weighted by Gasteiger charge is 2.56. The van der Waals surface area contributed by atoms with E-state index in [0.717, 1.165) is 5.56 Å². The number of rotatable bonds is 12. The van der Waals surface area contributed by atoms with E-state index in [1.807, 2.05) is 30.3 Å². The second kappa shape index (κ2) is 13.4. The van der Waals surface area contributed by atoms with Crippen LogP contribution in [0, 0.1) is 12.3 Å². The van der Waals surface area contributed by atoms with E-state index in [1.54, 1.807) is 50.2 Å². The fourth-order valence-electron chi connectivity index (χ4n) is 4.94. The van der Waals surface area contributed by atoms with Crippen LogP contribution in [0.1, 0.15) is 25.6 Å². The molecule has 1 unspecified atom stereocenters. The molecule has 1 fully saturated rings. The van der Waals surface area contributed by atoms with Gasteiger partial charge in [0.15, 0.2) is 11.8 Å². The molecule has 1 aliphatic rings. The third kappa shape index (κ3) is 7.02. The van der Waals surface area contributed by atoms with Crippen LogP contribution in [0.5, 0.6) is 5.75 Å². The van der Waals surface area contributed by atoms with Gasteiger partial charge in [-0.05, 0) is 44.0 Å². The number of aliphatic hydroxyl groups excluding tert-OH is 1. The fraction of sp³-hybridized carbons (Fsp3) is 0.323. The number of hydrogen-bond acceptors (Lipinski definition) is 11. The van der Waals surface area contributed by atoms with Crippen LogP contribution in [0.15, 0.2) is 79.3 Å². The van der Waals surface area contributed by atoms with Crippen LogP contribution < -0.4 is 15.3 Å². The Bertz CT molecular complexity index is 1710.